The first-order valence-electron chi connectivity index (χ1n) is 6.82. The summed E-state index contributed by atoms with van der Waals surface area (Å²) in [6, 6.07) is 4.04. The molecule has 1 rings (SSSR count). The van der Waals surface area contributed by atoms with Crippen LogP contribution >= 0.6 is 11.6 Å². The fourth-order valence-corrected chi connectivity index (χ4v) is 2.56. The van der Waals surface area contributed by atoms with Crippen molar-refractivity contribution in [1.29, 1.82) is 0 Å². The summed E-state index contributed by atoms with van der Waals surface area (Å²) in [6.45, 7) is 3.76. The van der Waals surface area contributed by atoms with Gasteiger partial charge in [0, 0.05) is 18.7 Å². The highest BCUT2D eigenvalue weighted by molar-refractivity contribution is 6.34. The Hall–Kier alpha value is -1.66. The summed E-state index contributed by atoms with van der Waals surface area (Å²) in [6.07, 6.45) is 1.39. The highest BCUT2D eigenvalue weighted by Gasteiger charge is 2.30. The van der Waals surface area contributed by atoms with Gasteiger partial charge in [-0.3, -0.25) is 14.9 Å². The van der Waals surface area contributed by atoms with Crippen molar-refractivity contribution in [3.8, 4) is 0 Å². The summed E-state index contributed by atoms with van der Waals surface area (Å²) in [5, 5.41) is 20.3. The first kappa shape index (κ1) is 17.4. The molecule has 0 fully saturated rings. The lowest BCUT2D eigenvalue weighted by molar-refractivity contribution is -0.385. The molecular formula is C14H19ClN2O4. The van der Waals surface area contributed by atoms with Crippen molar-refractivity contribution < 1.29 is 14.8 Å². The van der Waals surface area contributed by atoms with E-state index in [1.165, 1.54) is 23.1 Å². The molecule has 1 aromatic carbocycles. The number of benzene rings is 1. The van der Waals surface area contributed by atoms with E-state index in [-0.39, 0.29) is 35.5 Å². The molecule has 116 valence electrons. The van der Waals surface area contributed by atoms with E-state index in [1.807, 2.05) is 13.8 Å². The number of amides is 1. The molecule has 0 bridgehead atoms. The Bertz CT molecular complexity index is 518. The van der Waals surface area contributed by atoms with E-state index in [9.17, 15) is 14.9 Å². The van der Waals surface area contributed by atoms with Gasteiger partial charge in [-0.1, -0.05) is 31.5 Å². The number of carbonyl (C=O) groups is 1. The van der Waals surface area contributed by atoms with Gasteiger partial charge in [0.15, 0.2) is 0 Å². The Morgan fingerprint density at radius 1 is 1.43 bits per heavy atom. The fourth-order valence-electron chi connectivity index (χ4n) is 2.31. The molecule has 0 aliphatic carbocycles. The summed E-state index contributed by atoms with van der Waals surface area (Å²) in [5.74, 6) is -0.518. The van der Waals surface area contributed by atoms with Crippen molar-refractivity contribution in [2.24, 2.45) is 0 Å². The molecule has 1 amide bonds. The largest absolute Gasteiger partial charge is 0.395 e. The lowest BCUT2D eigenvalue weighted by Crippen LogP contribution is -2.42. The number of carbonyl (C=O) groups excluding carboxylic acids is 1. The van der Waals surface area contributed by atoms with Gasteiger partial charge in [-0.2, -0.15) is 0 Å². The molecule has 0 heterocycles. The highest BCUT2D eigenvalue weighted by Crippen LogP contribution is 2.28. The van der Waals surface area contributed by atoms with Crippen LogP contribution in [0, 0.1) is 10.1 Å². The number of rotatable bonds is 7. The van der Waals surface area contributed by atoms with E-state index in [1.54, 1.807) is 0 Å². The minimum Gasteiger partial charge on any atom is -0.395 e. The van der Waals surface area contributed by atoms with Crippen LogP contribution < -0.4 is 0 Å². The zero-order valence-electron chi connectivity index (χ0n) is 12.1. The predicted molar refractivity (Wildman–Crippen MR) is 80.6 cm³/mol. The Morgan fingerprint density at radius 3 is 2.52 bits per heavy atom. The molecule has 0 aromatic heterocycles. The molecular weight excluding hydrogens is 296 g/mol. The molecule has 0 unspecified atom stereocenters. The number of nitro benzene ring substituents is 1. The van der Waals surface area contributed by atoms with E-state index in [2.05, 4.69) is 0 Å². The van der Waals surface area contributed by atoms with Gasteiger partial charge in [-0.05, 0) is 18.9 Å². The van der Waals surface area contributed by atoms with E-state index >= 15 is 0 Å². The number of aliphatic hydroxyl groups is 1. The maximum Gasteiger partial charge on any atom is 0.283 e. The van der Waals surface area contributed by atoms with Crippen LogP contribution in [0.2, 0.25) is 5.02 Å². The average Bonchev–Trinajstić information content (AvgIpc) is 2.46. The van der Waals surface area contributed by atoms with Crippen molar-refractivity contribution in [2.75, 3.05) is 13.2 Å². The third-order valence-corrected chi connectivity index (χ3v) is 3.70. The summed E-state index contributed by atoms with van der Waals surface area (Å²) in [5.41, 5.74) is -0.439. The number of aliphatic hydroxyl groups excluding tert-OH is 1. The topological polar surface area (TPSA) is 83.7 Å². The van der Waals surface area contributed by atoms with E-state index in [0.29, 0.717) is 12.8 Å². The second-order valence-electron chi connectivity index (χ2n) is 4.58. The van der Waals surface area contributed by atoms with Crippen molar-refractivity contribution in [2.45, 2.75) is 32.7 Å². The maximum absolute atomic E-state index is 12.7. The third-order valence-electron chi connectivity index (χ3n) is 3.39. The van der Waals surface area contributed by atoms with Crippen LogP contribution in [0.4, 0.5) is 5.69 Å². The second kappa shape index (κ2) is 7.95. The van der Waals surface area contributed by atoms with Gasteiger partial charge in [0.1, 0.15) is 5.56 Å². The average molecular weight is 315 g/mol. The van der Waals surface area contributed by atoms with Gasteiger partial charge in [0.05, 0.1) is 16.6 Å². The van der Waals surface area contributed by atoms with Crippen molar-refractivity contribution >= 4 is 23.2 Å². The monoisotopic (exact) mass is 314 g/mol. The summed E-state index contributed by atoms with van der Waals surface area (Å²) < 4.78 is 0. The molecule has 6 nitrogen and oxygen atoms in total. The lowest BCUT2D eigenvalue weighted by Gasteiger charge is -2.30. The van der Waals surface area contributed by atoms with Gasteiger partial charge < -0.3 is 10.0 Å². The molecule has 0 saturated carbocycles. The van der Waals surface area contributed by atoms with Crippen LogP contribution in [-0.4, -0.2) is 40.0 Å². The number of hydrogen-bond acceptors (Lipinski definition) is 4. The second-order valence-corrected chi connectivity index (χ2v) is 4.99. The molecule has 0 spiro atoms. The van der Waals surface area contributed by atoms with E-state index in [4.69, 9.17) is 16.7 Å². The van der Waals surface area contributed by atoms with Crippen LogP contribution in [0.1, 0.15) is 37.0 Å². The SMILES string of the molecule is CCC(CC)N(CCO)C(=O)c1c(Cl)cccc1[N+](=O)[O-]. The lowest BCUT2D eigenvalue weighted by atomic mass is 10.1. The van der Waals surface area contributed by atoms with Crippen LogP contribution in [-0.2, 0) is 0 Å². The van der Waals surface area contributed by atoms with Gasteiger partial charge in [-0.15, -0.1) is 0 Å². The standard InChI is InChI=1S/C14H19ClN2O4/c1-3-10(4-2)16(8-9-18)14(19)13-11(15)6-5-7-12(13)17(20)21/h5-7,10,18H,3-4,8-9H2,1-2H3. The van der Waals surface area contributed by atoms with Crippen LogP contribution in [0.15, 0.2) is 18.2 Å². The maximum atomic E-state index is 12.7. The van der Waals surface area contributed by atoms with E-state index < -0.39 is 10.8 Å². The van der Waals surface area contributed by atoms with Crippen LogP contribution in [0.3, 0.4) is 0 Å². The molecule has 21 heavy (non-hydrogen) atoms. The smallest absolute Gasteiger partial charge is 0.283 e. The van der Waals surface area contributed by atoms with E-state index in [0.717, 1.165) is 0 Å². The molecule has 0 saturated heterocycles. The predicted octanol–water partition coefficient (Wildman–Crippen LogP) is 2.87. The van der Waals surface area contributed by atoms with Gasteiger partial charge in [0.25, 0.3) is 11.6 Å². The molecule has 0 atom stereocenters. The number of nitro groups is 1. The van der Waals surface area contributed by atoms with Crippen molar-refractivity contribution in [1.82, 2.24) is 4.90 Å². The Kier molecular flexibility index (Phi) is 6.58. The quantitative estimate of drug-likeness (QED) is 0.619. The Balaban J connectivity index is 3.29. The number of hydrogen-bond donors (Lipinski definition) is 1. The molecule has 0 radical (unpaired) electrons. The van der Waals surface area contributed by atoms with Crippen molar-refractivity contribution in [3.63, 3.8) is 0 Å². The molecule has 7 heteroatoms. The zero-order valence-corrected chi connectivity index (χ0v) is 12.8. The van der Waals surface area contributed by atoms with Crippen LogP contribution in [0.25, 0.3) is 0 Å². The van der Waals surface area contributed by atoms with Crippen LogP contribution in [0.5, 0.6) is 0 Å². The first-order chi connectivity index (χ1) is 9.97. The van der Waals surface area contributed by atoms with Crippen molar-refractivity contribution in [3.05, 3.63) is 38.9 Å². The Morgan fingerprint density at radius 2 is 2.05 bits per heavy atom. The minimum atomic E-state index is -0.622. The Labute approximate surface area is 128 Å². The molecule has 1 aromatic rings. The summed E-state index contributed by atoms with van der Waals surface area (Å²) >= 11 is 5.99. The fraction of sp³-hybridized carbons (Fsp3) is 0.500. The zero-order chi connectivity index (χ0) is 16.0. The highest BCUT2D eigenvalue weighted by atomic mass is 35.5. The molecule has 1 N–H and O–H groups in total. The summed E-state index contributed by atoms with van der Waals surface area (Å²) in [4.78, 5) is 24.6. The van der Waals surface area contributed by atoms with Gasteiger partial charge in [0.2, 0.25) is 0 Å². The number of halogens is 1. The number of nitrogens with zero attached hydrogens (tertiary/aromatic N) is 2. The first-order valence-corrected chi connectivity index (χ1v) is 7.20. The normalized spacial score (nSPS) is 10.7. The van der Waals surface area contributed by atoms with Gasteiger partial charge >= 0.3 is 0 Å². The minimum absolute atomic E-state index is 0.0445. The third kappa shape index (κ3) is 3.92. The van der Waals surface area contributed by atoms with Gasteiger partial charge in [-0.25, -0.2) is 0 Å². The summed E-state index contributed by atoms with van der Waals surface area (Å²) in [7, 11) is 0. The molecule has 0 aliphatic heterocycles. The molecule has 0 aliphatic rings.